The van der Waals surface area contributed by atoms with E-state index in [1.54, 1.807) is 0 Å². The largest absolute Gasteiger partial charge is 0.312 e. The molecule has 1 heterocycles. The Balaban J connectivity index is 2.82. The lowest BCUT2D eigenvalue weighted by Gasteiger charge is -2.40. The summed E-state index contributed by atoms with van der Waals surface area (Å²) in [7, 11) is 4.31. The van der Waals surface area contributed by atoms with E-state index in [0.717, 1.165) is 13.0 Å². The van der Waals surface area contributed by atoms with Gasteiger partial charge in [-0.3, -0.25) is 0 Å². The molecule has 2 nitrogen and oxygen atoms in total. The van der Waals surface area contributed by atoms with Gasteiger partial charge in [-0.2, -0.15) is 0 Å². The molecule has 0 radical (unpaired) electrons. The second-order valence-corrected chi connectivity index (χ2v) is 7.31. The SMILES string of the molecule is CCCNC(Cc1sccc1Br)C(C)(C)N(C)C. The van der Waals surface area contributed by atoms with Gasteiger partial charge in [0.2, 0.25) is 0 Å². The topological polar surface area (TPSA) is 15.3 Å². The highest BCUT2D eigenvalue weighted by atomic mass is 79.9. The van der Waals surface area contributed by atoms with E-state index in [-0.39, 0.29) is 5.54 Å². The van der Waals surface area contributed by atoms with Crippen LogP contribution < -0.4 is 5.32 Å². The molecular weight excluding hydrogens is 308 g/mol. The standard InChI is InChI=1S/C14H25BrN2S/c1-6-8-16-13(14(2,3)17(4)5)10-12-11(15)7-9-18-12/h7,9,13,16H,6,8,10H2,1-5H3. The summed E-state index contributed by atoms with van der Waals surface area (Å²) < 4.78 is 1.24. The average Bonchev–Trinajstić information content (AvgIpc) is 2.69. The van der Waals surface area contributed by atoms with Gasteiger partial charge < -0.3 is 10.2 Å². The van der Waals surface area contributed by atoms with Crippen LogP contribution in [0.15, 0.2) is 15.9 Å². The summed E-state index contributed by atoms with van der Waals surface area (Å²) in [5.41, 5.74) is 0.138. The quantitative estimate of drug-likeness (QED) is 0.817. The zero-order valence-corrected chi connectivity index (χ0v) is 14.5. The highest BCUT2D eigenvalue weighted by Gasteiger charge is 2.31. The second-order valence-electron chi connectivity index (χ2n) is 5.45. The van der Waals surface area contributed by atoms with Gasteiger partial charge in [-0.1, -0.05) is 6.92 Å². The summed E-state index contributed by atoms with van der Waals surface area (Å²) in [6.07, 6.45) is 2.25. The molecule has 0 spiro atoms. The van der Waals surface area contributed by atoms with E-state index < -0.39 is 0 Å². The van der Waals surface area contributed by atoms with Crippen LogP contribution in [0.1, 0.15) is 32.1 Å². The fourth-order valence-electron chi connectivity index (χ4n) is 1.86. The van der Waals surface area contributed by atoms with Crippen LogP contribution in [0.5, 0.6) is 0 Å². The second kappa shape index (κ2) is 7.04. The zero-order valence-electron chi connectivity index (χ0n) is 12.1. The Hall–Kier alpha value is 0.1000. The fraction of sp³-hybridized carbons (Fsp3) is 0.714. The van der Waals surface area contributed by atoms with E-state index in [1.165, 1.54) is 15.8 Å². The Morgan fingerprint density at radius 1 is 1.44 bits per heavy atom. The zero-order chi connectivity index (χ0) is 13.8. The molecule has 0 aromatic carbocycles. The van der Waals surface area contributed by atoms with Gasteiger partial charge in [0.05, 0.1) is 0 Å². The lowest BCUT2D eigenvalue weighted by Crippen LogP contribution is -2.56. The summed E-state index contributed by atoms with van der Waals surface area (Å²) in [6.45, 7) is 7.91. The van der Waals surface area contributed by atoms with Crippen molar-refractivity contribution in [3.63, 3.8) is 0 Å². The average molecular weight is 333 g/mol. The number of hydrogen-bond acceptors (Lipinski definition) is 3. The smallest absolute Gasteiger partial charge is 0.0314 e. The van der Waals surface area contributed by atoms with Crippen molar-refractivity contribution in [2.24, 2.45) is 0 Å². The number of likely N-dealkylation sites (N-methyl/N-ethyl adjacent to an activating group) is 1. The molecule has 0 amide bonds. The van der Waals surface area contributed by atoms with E-state index in [4.69, 9.17) is 0 Å². The van der Waals surface area contributed by atoms with E-state index in [2.05, 4.69) is 72.5 Å². The summed E-state index contributed by atoms with van der Waals surface area (Å²) in [4.78, 5) is 3.74. The number of rotatable bonds is 7. The van der Waals surface area contributed by atoms with E-state index >= 15 is 0 Å². The van der Waals surface area contributed by atoms with Gasteiger partial charge in [0.15, 0.2) is 0 Å². The molecule has 0 saturated carbocycles. The predicted octanol–water partition coefficient (Wildman–Crippen LogP) is 3.76. The lowest BCUT2D eigenvalue weighted by atomic mass is 9.90. The highest BCUT2D eigenvalue weighted by molar-refractivity contribution is 9.10. The lowest BCUT2D eigenvalue weighted by molar-refractivity contribution is 0.137. The summed E-state index contributed by atoms with van der Waals surface area (Å²) in [5.74, 6) is 0. The van der Waals surface area contributed by atoms with Crippen molar-refractivity contribution in [2.75, 3.05) is 20.6 Å². The Morgan fingerprint density at radius 2 is 2.11 bits per heavy atom. The van der Waals surface area contributed by atoms with E-state index in [1.807, 2.05) is 11.3 Å². The first kappa shape index (κ1) is 16.2. The maximum absolute atomic E-state index is 3.70. The van der Waals surface area contributed by atoms with Crippen LogP contribution in [-0.2, 0) is 6.42 Å². The van der Waals surface area contributed by atoms with Crippen LogP contribution in [0.4, 0.5) is 0 Å². The molecule has 1 aromatic heterocycles. The molecule has 0 fully saturated rings. The van der Waals surface area contributed by atoms with Gasteiger partial charge in [-0.15, -0.1) is 11.3 Å². The molecule has 0 aliphatic rings. The minimum atomic E-state index is 0.138. The first-order chi connectivity index (χ1) is 8.39. The first-order valence-corrected chi connectivity index (χ1v) is 8.19. The maximum atomic E-state index is 3.70. The van der Waals surface area contributed by atoms with Crippen molar-refractivity contribution in [1.29, 1.82) is 0 Å². The predicted molar refractivity (Wildman–Crippen MR) is 85.6 cm³/mol. The number of halogens is 1. The molecule has 1 unspecified atom stereocenters. The molecule has 0 aliphatic heterocycles. The molecule has 104 valence electrons. The van der Waals surface area contributed by atoms with Crippen LogP contribution in [0, 0.1) is 0 Å². The van der Waals surface area contributed by atoms with E-state index in [9.17, 15) is 0 Å². The molecule has 18 heavy (non-hydrogen) atoms. The van der Waals surface area contributed by atoms with Gasteiger partial charge in [0.1, 0.15) is 0 Å². The van der Waals surface area contributed by atoms with Crippen LogP contribution in [0.3, 0.4) is 0 Å². The van der Waals surface area contributed by atoms with Crippen molar-refractivity contribution >= 4 is 27.3 Å². The number of nitrogens with zero attached hydrogens (tertiary/aromatic N) is 1. The molecule has 1 rings (SSSR count). The molecule has 1 N–H and O–H groups in total. The third-order valence-corrected chi connectivity index (χ3v) is 5.68. The van der Waals surface area contributed by atoms with Crippen molar-refractivity contribution < 1.29 is 0 Å². The van der Waals surface area contributed by atoms with Crippen molar-refractivity contribution in [1.82, 2.24) is 10.2 Å². The van der Waals surface area contributed by atoms with Gasteiger partial charge in [0.25, 0.3) is 0 Å². The highest BCUT2D eigenvalue weighted by Crippen LogP contribution is 2.27. The summed E-state index contributed by atoms with van der Waals surface area (Å²) in [6, 6.07) is 2.60. The summed E-state index contributed by atoms with van der Waals surface area (Å²) in [5, 5.41) is 5.85. The minimum Gasteiger partial charge on any atom is -0.312 e. The Labute approximate surface area is 124 Å². The van der Waals surface area contributed by atoms with Crippen LogP contribution >= 0.6 is 27.3 Å². The molecule has 4 heteroatoms. The third-order valence-electron chi connectivity index (χ3n) is 3.73. The Morgan fingerprint density at radius 3 is 2.56 bits per heavy atom. The minimum absolute atomic E-state index is 0.138. The Kier molecular flexibility index (Phi) is 6.31. The van der Waals surface area contributed by atoms with Gasteiger partial charge >= 0.3 is 0 Å². The Bertz CT molecular complexity index is 360. The van der Waals surface area contributed by atoms with Gasteiger partial charge in [-0.25, -0.2) is 0 Å². The van der Waals surface area contributed by atoms with Crippen LogP contribution in [0.2, 0.25) is 0 Å². The number of thiophene rings is 1. The molecule has 0 bridgehead atoms. The van der Waals surface area contributed by atoms with E-state index in [0.29, 0.717) is 6.04 Å². The number of hydrogen-bond donors (Lipinski definition) is 1. The monoisotopic (exact) mass is 332 g/mol. The summed E-state index contributed by atoms with van der Waals surface area (Å²) >= 11 is 5.47. The third kappa shape index (κ3) is 4.05. The molecule has 0 saturated heterocycles. The molecule has 0 aliphatic carbocycles. The maximum Gasteiger partial charge on any atom is 0.0314 e. The molecule has 1 atom stereocenters. The van der Waals surface area contributed by atoms with Crippen LogP contribution in [0.25, 0.3) is 0 Å². The van der Waals surface area contributed by atoms with Gasteiger partial charge in [0, 0.05) is 20.9 Å². The van der Waals surface area contributed by atoms with Gasteiger partial charge in [-0.05, 0) is 74.7 Å². The first-order valence-electron chi connectivity index (χ1n) is 6.52. The van der Waals surface area contributed by atoms with Crippen molar-refractivity contribution in [3.8, 4) is 0 Å². The fourth-order valence-corrected chi connectivity index (χ4v) is 3.42. The van der Waals surface area contributed by atoms with Crippen molar-refractivity contribution in [2.45, 2.75) is 45.2 Å². The normalized spacial score (nSPS) is 14.2. The van der Waals surface area contributed by atoms with Crippen LogP contribution in [-0.4, -0.2) is 37.1 Å². The molecule has 1 aromatic rings. The van der Waals surface area contributed by atoms with Crippen molar-refractivity contribution in [3.05, 3.63) is 20.8 Å². The molecular formula is C14H25BrN2S. The number of nitrogens with one attached hydrogen (secondary N) is 1.